The number of amides is 1. The average Bonchev–Trinajstić information content (AvgIpc) is 3.30. The van der Waals surface area contributed by atoms with Crippen molar-refractivity contribution >= 4 is 22.4 Å². The highest BCUT2D eigenvalue weighted by molar-refractivity contribution is 6.01. The number of fused-ring (bicyclic) bond motifs is 2. The summed E-state index contributed by atoms with van der Waals surface area (Å²) in [5.41, 5.74) is 4.46. The van der Waals surface area contributed by atoms with Gasteiger partial charge in [0.05, 0.1) is 20.5 Å². The Balaban J connectivity index is 1.52. The zero-order valence-electron chi connectivity index (χ0n) is 20.3. The minimum Gasteiger partial charge on any atom is -0.496 e. The molecular weight excluding hydrogens is 426 g/mol. The molecular formula is C29H33NO4. The van der Waals surface area contributed by atoms with Crippen LogP contribution in [0.15, 0.2) is 53.2 Å². The third-order valence-electron chi connectivity index (χ3n) is 7.58. The van der Waals surface area contributed by atoms with Crippen molar-refractivity contribution in [3.63, 3.8) is 0 Å². The van der Waals surface area contributed by atoms with Crippen LogP contribution in [0.25, 0.3) is 27.7 Å². The van der Waals surface area contributed by atoms with E-state index < -0.39 is 0 Å². The minimum atomic E-state index is 0.119. The molecule has 1 amide bonds. The SMILES string of the molecule is COc1cc2occ(-c3ccccc3OC)c2cc1/C(C)=C/C(=O)N1CCCC2CCCCC21. The Morgan fingerprint density at radius 2 is 1.76 bits per heavy atom. The van der Waals surface area contributed by atoms with E-state index in [1.165, 1.54) is 25.7 Å². The molecule has 2 aromatic carbocycles. The van der Waals surface area contributed by atoms with E-state index in [1.54, 1.807) is 26.6 Å². The maximum Gasteiger partial charge on any atom is 0.247 e. The largest absolute Gasteiger partial charge is 0.496 e. The zero-order valence-corrected chi connectivity index (χ0v) is 20.3. The molecule has 1 saturated heterocycles. The van der Waals surface area contributed by atoms with Gasteiger partial charge in [-0.15, -0.1) is 0 Å². The first kappa shape index (κ1) is 22.6. The van der Waals surface area contributed by atoms with Crippen LogP contribution in [0.5, 0.6) is 11.5 Å². The minimum absolute atomic E-state index is 0.119. The molecule has 2 fully saturated rings. The quantitative estimate of drug-likeness (QED) is 0.398. The number of methoxy groups -OCH3 is 2. The van der Waals surface area contributed by atoms with Crippen molar-refractivity contribution in [2.24, 2.45) is 5.92 Å². The second-order valence-electron chi connectivity index (χ2n) is 9.51. The first-order valence-corrected chi connectivity index (χ1v) is 12.3. The van der Waals surface area contributed by atoms with Gasteiger partial charge in [-0.2, -0.15) is 0 Å². The predicted octanol–water partition coefficient (Wildman–Crippen LogP) is 6.70. The maximum absolute atomic E-state index is 13.4. The molecule has 1 aliphatic carbocycles. The van der Waals surface area contributed by atoms with E-state index in [1.807, 2.05) is 37.3 Å². The van der Waals surface area contributed by atoms with Crippen molar-refractivity contribution < 1.29 is 18.7 Å². The number of carbonyl (C=O) groups excluding carboxylic acids is 1. The molecule has 34 heavy (non-hydrogen) atoms. The lowest BCUT2D eigenvalue weighted by molar-refractivity contribution is -0.132. The number of furan rings is 1. The van der Waals surface area contributed by atoms with Crippen molar-refractivity contribution in [1.29, 1.82) is 0 Å². The summed E-state index contributed by atoms with van der Waals surface area (Å²) in [6.45, 7) is 2.85. The predicted molar refractivity (Wildman–Crippen MR) is 135 cm³/mol. The van der Waals surface area contributed by atoms with Crippen molar-refractivity contribution in [1.82, 2.24) is 4.90 Å². The molecule has 3 aromatic rings. The van der Waals surface area contributed by atoms with E-state index in [2.05, 4.69) is 11.0 Å². The number of allylic oxidation sites excluding steroid dienone is 1. The van der Waals surface area contributed by atoms with E-state index >= 15 is 0 Å². The number of hydrogen-bond donors (Lipinski definition) is 0. The van der Waals surface area contributed by atoms with Crippen molar-refractivity contribution in [3.8, 4) is 22.6 Å². The topological polar surface area (TPSA) is 51.9 Å². The van der Waals surface area contributed by atoms with E-state index in [0.717, 1.165) is 58.4 Å². The number of piperidine rings is 1. The Labute approximate surface area is 201 Å². The summed E-state index contributed by atoms with van der Waals surface area (Å²) in [7, 11) is 3.33. The van der Waals surface area contributed by atoms with E-state index in [4.69, 9.17) is 13.9 Å². The third kappa shape index (κ3) is 4.08. The van der Waals surface area contributed by atoms with Crippen LogP contribution in [0.3, 0.4) is 0 Å². The van der Waals surface area contributed by atoms with Crippen LogP contribution in [-0.4, -0.2) is 37.6 Å². The number of para-hydroxylation sites is 1. The Hall–Kier alpha value is -3.21. The number of carbonyl (C=O) groups is 1. The molecule has 5 heteroatoms. The van der Waals surface area contributed by atoms with Gasteiger partial charge in [-0.25, -0.2) is 0 Å². The molecule has 0 N–H and O–H groups in total. The fourth-order valence-electron chi connectivity index (χ4n) is 5.85. The lowest BCUT2D eigenvalue weighted by Crippen LogP contribution is -2.49. The first-order chi connectivity index (χ1) is 16.6. The molecule has 5 nitrogen and oxygen atoms in total. The summed E-state index contributed by atoms with van der Waals surface area (Å²) in [6, 6.07) is 12.3. The van der Waals surface area contributed by atoms with Crippen LogP contribution in [0, 0.1) is 5.92 Å². The molecule has 2 unspecified atom stereocenters. The molecule has 2 aliphatic rings. The molecule has 1 saturated carbocycles. The van der Waals surface area contributed by atoms with Crippen molar-refractivity contribution in [2.75, 3.05) is 20.8 Å². The summed E-state index contributed by atoms with van der Waals surface area (Å²) >= 11 is 0. The highest BCUT2D eigenvalue weighted by atomic mass is 16.5. The molecule has 1 aliphatic heterocycles. The molecule has 2 heterocycles. The number of likely N-dealkylation sites (tertiary alicyclic amines) is 1. The highest BCUT2D eigenvalue weighted by Crippen LogP contribution is 2.40. The molecule has 178 valence electrons. The zero-order chi connectivity index (χ0) is 23.7. The Bertz CT molecular complexity index is 1220. The van der Waals surface area contributed by atoms with Crippen molar-refractivity contribution in [3.05, 3.63) is 54.3 Å². The van der Waals surface area contributed by atoms with Gasteiger partial charge in [0.15, 0.2) is 0 Å². The van der Waals surface area contributed by atoms with E-state index in [-0.39, 0.29) is 5.91 Å². The number of hydrogen-bond acceptors (Lipinski definition) is 4. The first-order valence-electron chi connectivity index (χ1n) is 12.3. The second-order valence-corrected chi connectivity index (χ2v) is 9.51. The van der Waals surface area contributed by atoms with Gasteiger partial charge in [-0.05, 0) is 56.2 Å². The molecule has 2 atom stereocenters. The summed E-state index contributed by atoms with van der Waals surface area (Å²) in [5, 5.41) is 0.964. The van der Waals surface area contributed by atoms with Gasteiger partial charge >= 0.3 is 0 Å². The fourth-order valence-corrected chi connectivity index (χ4v) is 5.85. The molecule has 0 bridgehead atoms. The number of nitrogens with zero attached hydrogens (tertiary/aromatic N) is 1. The van der Waals surface area contributed by atoms with Crippen LogP contribution >= 0.6 is 0 Å². The van der Waals surface area contributed by atoms with E-state index in [0.29, 0.717) is 17.7 Å². The Morgan fingerprint density at radius 3 is 2.59 bits per heavy atom. The van der Waals surface area contributed by atoms with Crippen molar-refractivity contribution in [2.45, 2.75) is 51.5 Å². The summed E-state index contributed by atoms with van der Waals surface area (Å²) in [5.74, 6) is 2.27. The van der Waals surface area contributed by atoms with Crippen LogP contribution in [0.4, 0.5) is 0 Å². The number of ether oxygens (including phenoxy) is 2. The monoisotopic (exact) mass is 459 g/mol. The lowest BCUT2D eigenvalue weighted by Gasteiger charge is -2.43. The van der Waals surface area contributed by atoms with E-state index in [9.17, 15) is 4.79 Å². The highest BCUT2D eigenvalue weighted by Gasteiger charge is 2.35. The summed E-state index contributed by atoms with van der Waals surface area (Å²) in [4.78, 5) is 15.5. The molecule has 5 rings (SSSR count). The Kier molecular flexibility index (Phi) is 6.36. The lowest BCUT2D eigenvalue weighted by atomic mass is 9.78. The van der Waals surface area contributed by atoms with Crippen LogP contribution < -0.4 is 9.47 Å². The van der Waals surface area contributed by atoms with Crippen LogP contribution in [0.2, 0.25) is 0 Å². The number of benzene rings is 2. The number of rotatable bonds is 5. The van der Waals surface area contributed by atoms with Gasteiger partial charge in [0.1, 0.15) is 17.1 Å². The fraction of sp³-hybridized carbons (Fsp3) is 0.414. The normalized spacial score (nSPS) is 20.8. The maximum atomic E-state index is 13.4. The summed E-state index contributed by atoms with van der Waals surface area (Å²) in [6.07, 6.45) is 10.8. The summed E-state index contributed by atoms with van der Waals surface area (Å²) < 4.78 is 17.2. The second kappa shape index (κ2) is 9.57. The smallest absolute Gasteiger partial charge is 0.247 e. The van der Waals surface area contributed by atoms with Gasteiger partial charge in [0.25, 0.3) is 0 Å². The average molecular weight is 460 g/mol. The van der Waals surface area contributed by atoms with Gasteiger partial charge in [-0.3, -0.25) is 4.79 Å². The van der Waals surface area contributed by atoms with Gasteiger partial charge < -0.3 is 18.8 Å². The molecule has 1 aromatic heterocycles. The molecule has 0 spiro atoms. The standard InChI is InChI=1S/C29H33NO4/c1-19(15-29(31)30-14-8-10-20-9-4-6-12-25(20)30)22-16-23-24(18-34-28(23)17-27(22)33-3)21-11-5-7-13-26(21)32-2/h5,7,11,13,15-18,20,25H,4,6,8-10,12,14H2,1-3H3/b19-15+. The third-order valence-corrected chi connectivity index (χ3v) is 7.58. The Morgan fingerprint density at radius 1 is 1.00 bits per heavy atom. The van der Waals surface area contributed by atoms with Crippen LogP contribution in [-0.2, 0) is 4.79 Å². The van der Waals surface area contributed by atoms with Gasteiger partial charge in [-0.1, -0.05) is 31.0 Å². The van der Waals surface area contributed by atoms with Gasteiger partial charge in [0.2, 0.25) is 5.91 Å². The van der Waals surface area contributed by atoms with Gasteiger partial charge in [0, 0.05) is 46.8 Å². The molecule has 0 radical (unpaired) electrons. The van der Waals surface area contributed by atoms with Crippen LogP contribution in [0.1, 0.15) is 51.0 Å².